The van der Waals surface area contributed by atoms with E-state index in [4.69, 9.17) is 0 Å². The van der Waals surface area contributed by atoms with Gasteiger partial charge in [-0.2, -0.15) is 0 Å². The van der Waals surface area contributed by atoms with Gasteiger partial charge in [0.25, 0.3) is 5.91 Å². The maximum absolute atomic E-state index is 12.3. The van der Waals surface area contributed by atoms with Gasteiger partial charge < -0.3 is 10.6 Å². The van der Waals surface area contributed by atoms with Crippen molar-refractivity contribution in [2.24, 2.45) is 0 Å². The van der Waals surface area contributed by atoms with Gasteiger partial charge in [0, 0.05) is 22.9 Å². The van der Waals surface area contributed by atoms with E-state index in [0.717, 1.165) is 10.0 Å². The first-order chi connectivity index (χ1) is 12.1. The molecule has 0 atom stereocenters. The molecule has 0 spiro atoms. The quantitative estimate of drug-likeness (QED) is 0.669. The van der Waals surface area contributed by atoms with Crippen LogP contribution in [-0.2, 0) is 6.54 Å². The van der Waals surface area contributed by atoms with Gasteiger partial charge in [-0.3, -0.25) is 4.79 Å². The highest BCUT2D eigenvalue weighted by molar-refractivity contribution is 9.10. The van der Waals surface area contributed by atoms with Crippen molar-refractivity contribution in [3.05, 3.63) is 82.1 Å². The molecule has 1 amide bonds. The topological polar surface area (TPSA) is 66.9 Å². The molecule has 25 heavy (non-hydrogen) atoms. The summed E-state index contributed by atoms with van der Waals surface area (Å²) in [5.41, 5.74) is 3.35. The fourth-order valence-electron chi connectivity index (χ4n) is 2.30. The molecular weight excluding hydrogens is 380 g/mol. The molecule has 1 aromatic heterocycles. The van der Waals surface area contributed by atoms with Crippen LogP contribution in [0, 0.1) is 6.92 Å². The molecule has 0 fully saturated rings. The Kier molecular flexibility index (Phi) is 5.40. The molecule has 0 aliphatic rings. The van der Waals surface area contributed by atoms with Crippen LogP contribution in [0.5, 0.6) is 0 Å². The number of halogens is 1. The molecular formula is C19H17BrN4O. The van der Waals surface area contributed by atoms with Crippen molar-refractivity contribution in [3.8, 4) is 0 Å². The van der Waals surface area contributed by atoms with Crippen LogP contribution in [-0.4, -0.2) is 15.9 Å². The first kappa shape index (κ1) is 17.1. The number of amides is 1. The number of benzene rings is 2. The van der Waals surface area contributed by atoms with E-state index in [1.165, 1.54) is 5.56 Å². The molecule has 2 aromatic carbocycles. The first-order valence-electron chi connectivity index (χ1n) is 7.79. The fraction of sp³-hybridized carbons (Fsp3) is 0.105. The number of aromatic nitrogens is 2. The summed E-state index contributed by atoms with van der Waals surface area (Å²) >= 11 is 3.37. The number of hydrogen-bond donors (Lipinski definition) is 2. The third-order valence-electron chi connectivity index (χ3n) is 3.52. The van der Waals surface area contributed by atoms with Crippen LogP contribution in [0.3, 0.4) is 0 Å². The number of rotatable bonds is 5. The predicted molar refractivity (Wildman–Crippen MR) is 103 cm³/mol. The summed E-state index contributed by atoms with van der Waals surface area (Å²) in [7, 11) is 0. The van der Waals surface area contributed by atoms with Gasteiger partial charge in [0.2, 0.25) is 5.95 Å². The summed E-state index contributed by atoms with van der Waals surface area (Å²) in [6, 6.07) is 17.1. The van der Waals surface area contributed by atoms with E-state index >= 15 is 0 Å². The van der Waals surface area contributed by atoms with Gasteiger partial charge in [0.1, 0.15) is 5.69 Å². The van der Waals surface area contributed by atoms with E-state index in [9.17, 15) is 4.79 Å². The van der Waals surface area contributed by atoms with Crippen LogP contribution in [0.25, 0.3) is 0 Å². The zero-order valence-electron chi connectivity index (χ0n) is 13.7. The average Bonchev–Trinajstić information content (AvgIpc) is 2.62. The van der Waals surface area contributed by atoms with Gasteiger partial charge in [-0.05, 0) is 42.8 Å². The summed E-state index contributed by atoms with van der Waals surface area (Å²) in [5.74, 6) is 0.147. The van der Waals surface area contributed by atoms with Gasteiger partial charge in [0.15, 0.2) is 0 Å². The second kappa shape index (κ2) is 7.90. The number of carbonyl (C=O) groups is 1. The van der Waals surface area contributed by atoms with Gasteiger partial charge in [0.05, 0.1) is 0 Å². The number of carbonyl (C=O) groups excluding carboxylic acids is 1. The number of aryl methyl sites for hydroxylation is 1. The highest BCUT2D eigenvalue weighted by atomic mass is 79.9. The molecule has 2 N–H and O–H groups in total. The molecule has 5 nitrogen and oxygen atoms in total. The highest BCUT2D eigenvalue weighted by Gasteiger charge is 2.09. The van der Waals surface area contributed by atoms with Crippen LogP contribution in [0.1, 0.15) is 21.6 Å². The smallest absolute Gasteiger partial charge is 0.274 e. The molecule has 0 saturated heterocycles. The standard InChI is InChI=1S/C19H17BrN4O/c1-13-3-2-4-14(11-13)12-22-19-21-10-9-17(24-19)18(25)23-16-7-5-15(20)6-8-16/h2-11H,12H2,1H3,(H,23,25)(H,21,22,24). The fourth-order valence-corrected chi connectivity index (χ4v) is 2.57. The van der Waals surface area contributed by atoms with Gasteiger partial charge in [-0.15, -0.1) is 0 Å². The monoisotopic (exact) mass is 396 g/mol. The van der Waals surface area contributed by atoms with Crippen LogP contribution >= 0.6 is 15.9 Å². The minimum Gasteiger partial charge on any atom is -0.350 e. The van der Waals surface area contributed by atoms with E-state index in [1.54, 1.807) is 12.3 Å². The Morgan fingerprint density at radius 2 is 1.92 bits per heavy atom. The lowest BCUT2D eigenvalue weighted by Crippen LogP contribution is -2.15. The lowest BCUT2D eigenvalue weighted by Gasteiger charge is -2.08. The Balaban J connectivity index is 1.66. The second-order valence-electron chi connectivity index (χ2n) is 5.57. The maximum atomic E-state index is 12.3. The Bertz CT molecular complexity index is 881. The average molecular weight is 397 g/mol. The van der Waals surface area contributed by atoms with E-state index in [1.807, 2.05) is 49.4 Å². The summed E-state index contributed by atoms with van der Waals surface area (Å²) in [5, 5.41) is 5.96. The molecule has 0 radical (unpaired) electrons. The van der Waals surface area contributed by atoms with Gasteiger partial charge in [-0.1, -0.05) is 45.8 Å². The third-order valence-corrected chi connectivity index (χ3v) is 4.05. The second-order valence-corrected chi connectivity index (χ2v) is 6.48. The van der Waals surface area contributed by atoms with Crippen molar-refractivity contribution >= 4 is 33.5 Å². The zero-order chi connectivity index (χ0) is 17.6. The molecule has 1 heterocycles. The minimum absolute atomic E-state index is 0.275. The molecule has 0 unspecified atom stereocenters. The molecule has 0 aliphatic heterocycles. The lowest BCUT2D eigenvalue weighted by molar-refractivity contribution is 0.102. The number of nitrogens with one attached hydrogen (secondary N) is 2. The Morgan fingerprint density at radius 3 is 2.68 bits per heavy atom. The highest BCUT2D eigenvalue weighted by Crippen LogP contribution is 2.15. The summed E-state index contributed by atoms with van der Waals surface area (Å²) in [4.78, 5) is 20.8. The van der Waals surface area contributed by atoms with Crippen LogP contribution in [0.15, 0.2) is 65.3 Å². The zero-order valence-corrected chi connectivity index (χ0v) is 15.2. The largest absolute Gasteiger partial charge is 0.350 e. The minimum atomic E-state index is -0.275. The Hall–Kier alpha value is -2.73. The van der Waals surface area contributed by atoms with E-state index in [2.05, 4.69) is 42.6 Å². The Labute approximate surface area is 154 Å². The molecule has 6 heteroatoms. The normalized spacial score (nSPS) is 10.3. The van der Waals surface area contributed by atoms with Crippen molar-refractivity contribution in [2.75, 3.05) is 10.6 Å². The van der Waals surface area contributed by atoms with Gasteiger partial charge in [-0.25, -0.2) is 9.97 Å². The summed E-state index contributed by atoms with van der Waals surface area (Å²) in [6.45, 7) is 2.65. The summed E-state index contributed by atoms with van der Waals surface area (Å²) in [6.07, 6.45) is 1.57. The first-order valence-corrected chi connectivity index (χ1v) is 8.59. The van der Waals surface area contributed by atoms with Crippen molar-refractivity contribution in [3.63, 3.8) is 0 Å². The van der Waals surface area contributed by atoms with Crippen LogP contribution < -0.4 is 10.6 Å². The maximum Gasteiger partial charge on any atom is 0.274 e. The third kappa shape index (κ3) is 4.87. The number of hydrogen-bond acceptors (Lipinski definition) is 4. The number of nitrogens with zero attached hydrogens (tertiary/aromatic N) is 2. The van der Waals surface area contributed by atoms with E-state index in [-0.39, 0.29) is 5.91 Å². The molecule has 0 aliphatic carbocycles. The van der Waals surface area contributed by atoms with Crippen molar-refractivity contribution < 1.29 is 4.79 Å². The molecule has 0 saturated carbocycles. The van der Waals surface area contributed by atoms with Crippen molar-refractivity contribution in [2.45, 2.75) is 13.5 Å². The SMILES string of the molecule is Cc1cccc(CNc2nccc(C(=O)Nc3ccc(Br)cc3)n2)c1. The number of anilines is 2. The lowest BCUT2D eigenvalue weighted by atomic mass is 10.1. The molecule has 3 aromatic rings. The van der Waals surface area contributed by atoms with Crippen molar-refractivity contribution in [1.82, 2.24) is 9.97 Å². The molecule has 0 bridgehead atoms. The molecule has 3 rings (SSSR count). The van der Waals surface area contributed by atoms with Crippen molar-refractivity contribution in [1.29, 1.82) is 0 Å². The van der Waals surface area contributed by atoms with E-state index < -0.39 is 0 Å². The predicted octanol–water partition coefficient (Wildman–Crippen LogP) is 4.41. The van der Waals surface area contributed by atoms with E-state index in [0.29, 0.717) is 23.9 Å². The van der Waals surface area contributed by atoms with Gasteiger partial charge >= 0.3 is 0 Å². The van der Waals surface area contributed by atoms with Crippen LogP contribution in [0.2, 0.25) is 0 Å². The van der Waals surface area contributed by atoms with Crippen LogP contribution in [0.4, 0.5) is 11.6 Å². The summed E-state index contributed by atoms with van der Waals surface area (Å²) < 4.78 is 0.954. The molecule has 126 valence electrons. The Morgan fingerprint density at radius 1 is 1.12 bits per heavy atom.